The monoisotopic (exact) mass is 440 g/mol. The molecule has 0 bridgehead atoms. The third-order valence-corrected chi connectivity index (χ3v) is 4.87. The third-order valence-electron chi connectivity index (χ3n) is 2.87. The highest BCUT2D eigenvalue weighted by molar-refractivity contribution is 9.11. The topological polar surface area (TPSA) is 18.5 Å². The number of hydrogen-bond acceptors (Lipinski definition) is 2. The van der Waals surface area contributed by atoms with Crippen LogP contribution < -0.4 is 4.74 Å². The molecule has 1 fully saturated rings. The van der Waals surface area contributed by atoms with Crippen LogP contribution in [0.5, 0.6) is 5.75 Å². The minimum atomic E-state index is 0.137. The molecule has 3 atom stereocenters. The Hall–Kier alpha value is 0.420. The first-order valence-corrected chi connectivity index (χ1v) is 8.49. The molecule has 1 aromatic rings. The summed E-state index contributed by atoms with van der Waals surface area (Å²) in [4.78, 5) is 0.406. The first kappa shape index (κ1) is 14.8. The Bertz CT molecular complexity index is 411. The van der Waals surface area contributed by atoms with Crippen molar-refractivity contribution < 1.29 is 9.47 Å². The fourth-order valence-electron chi connectivity index (χ4n) is 1.84. The van der Waals surface area contributed by atoms with E-state index in [0.29, 0.717) is 4.83 Å². The van der Waals surface area contributed by atoms with Gasteiger partial charge in [-0.1, -0.05) is 38.8 Å². The van der Waals surface area contributed by atoms with Gasteiger partial charge in [0, 0.05) is 22.3 Å². The van der Waals surface area contributed by atoms with E-state index in [1.54, 1.807) is 0 Å². The van der Waals surface area contributed by atoms with Crippen LogP contribution in [0.2, 0.25) is 0 Å². The minimum absolute atomic E-state index is 0.137. The smallest absolute Gasteiger partial charge is 0.134 e. The maximum absolute atomic E-state index is 5.99. The summed E-state index contributed by atoms with van der Waals surface area (Å²) in [6, 6.07) is 5.93. The van der Waals surface area contributed by atoms with E-state index in [1.807, 2.05) is 18.2 Å². The zero-order chi connectivity index (χ0) is 13.1. The molecule has 1 aliphatic carbocycles. The fraction of sp³-hybridized carbons (Fsp3) is 0.538. The van der Waals surface area contributed by atoms with Crippen LogP contribution in [0.25, 0.3) is 0 Å². The van der Waals surface area contributed by atoms with Crippen LogP contribution in [0.3, 0.4) is 0 Å². The Balaban J connectivity index is 1.96. The molecule has 1 aliphatic rings. The number of rotatable bonds is 5. The average molecular weight is 443 g/mol. The van der Waals surface area contributed by atoms with E-state index in [2.05, 4.69) is 54.7 Å². The SMILES string of the molecule is CCCOC1C(Br)CC1Oc1ccc(Br)cc1Br. The van der Waals surface area contributed by atoms with Gasteiger partial charge in [0.15, 0.2) is 0 Å². The quantitative estimate of drug-likeness (QED) is 0.602. The molecule has 1 aromatic carbocycles. The van der Waals surface area contributed by atoms with E-state index < -0.39 is 0 Å². The molecule has 0 aliphatic heterocycles. The van der Waals surface area contributed by atoms with Crippen molar-refractivity contribution in [2.24, 2.45) is 0 Å². The molecular weight excluding hydrogens is 428 g/mol. The van der Waals surface area contributed by atoms with E-state index in [-0.39, 0.29) is 12.2 Å². The molecule has 3 unspecified atom stereocenters. The van der Waals surface area contributed by atoms with Gasteiger partial charge in [-0.3, -0.25) is 0 Å². The van der Waals surface area contributed by atoms with E-state index in [9.17, 15) is 0 Å². The maximum Gasteiger partial charge on any atom is 0.134 e. The van der Waals surface area contributed by atoms with Crippen LogP contribution in [-0.2, 0) is 4.74 Å². The van der Waals surface area contributed by atoms with E-state index >= 15 is 0 Å². The summed E-state index contributed by atoms with van der Waals surface area (Å²) in [6.07, 6.45) is 2.31. The zero-order valence-corrected chi connectivity index (χ0v) is 14.8. The molecule has 0 aromatic heterocycles. The average Bonchev–Trinajstić information content (AvgIpc) is 2.32. The van der Waals surface area contributed by atoms with Crippen molar-refractivity contribution >= 4 is 47.8 Å². The Morgan fingerprint density at radius 3 is 2.72 bits per heavy atom. The Morgan fingerprint density at radius 2 is 2.11 bits per heavy atom. The van der Waals surface area contributed by atoms with Gasteiger partial charge in [0.1, 0.15) is 18.0 Å². The summed E-state index contributed by atoms with van der Waals surface area (Å²) in [5.41, 5.74) is 0. The Kier molecular flexibility index (Phi) is 5.54. The summed E-state index contributed by atoms with van der Waals surface area (Å²) in [6.45, 7) is 2.90. The van der Waals surface area contributed by atoms with Gasteiger partial charge in [-0.05, 0) is 40.5 Å². The number of halogens is 3. The zero-order valence-electron chi connectivity index (χ0n) is 10.0. The lowest BCUT2D eigenvalue weighted by Gasteiger charge is -2.41. The van der Waals surface area contributed by atoms with Crippen molar-refractivity contribution in [3.05, 3.63) is 27.1 Å². The van der Waals surface area contributed by atoms with Crippen molar-refractivity contribution in [1.29, 1.82) is 0 Å². The van der Waals surface area contributed by atoms with Gasteiger partial charge in [0.25, 0.3) is 0 Å². The van der Waals surface area contributed by atoms with Crippen LogP contribution >= 0.6 is 47.8 Å². The fourth-order valence-corrected chi connectivity index (χ4v) is 3.84. The molecule has 0 radical (unpaired) electrons. The lowest BCUT2D eigenvalue weighted by Crippen LogP contribution is -2.52. The van der Waals surface area contributed by atoms with Crippen LogP contribution in [0.15, 0.2) is 27.1 Å². The predicted octanol–water partition coefficient (Wildman–Crippen LogP) is 4.92. The van der Waals surface area contributed by atoms with Crippen LogP contribution in [0, 0.1) is 0 Å². The number of alkyl halides is 1. The number of ether oxygens (including phenoxy) is 2. The highest BCUT2D eigenvalue weighted by Gasteiger charge is 2.42. The highest BCUT2D eigenvalue weighted by atomic mass is 79.9. The van der Waals surface area contributed by atoms with Gasteiger partial charge >= 0.3 is 0 Å². The summed E-state index contributed by atoms with van der Waals surface area (Å²) < 4.78 is 13.8. The van der Waals surface area contributed by atoms with Gasteiger partial charge in [0.2, 0.25) is 0 Å². The largest absolute Gasteiger partial charge is 0.486 e. The van der Waals surface area contributed by atoms with Crippen molar-refractivity contribution in [3.63, 3.8) is 0 Å². The van der Waals surface area contributed by atoms with Crippen molar-refractivity contribution in [3.8, 4) is 5.75 Å². The van der Waals surface area contributed by atoms with Crippen molar-refractivity contribution in [2.45, 2.75) is 36.8 Å². The molecule has 18 heavy (non-hydrogen) atoms. The number of hydrogen-bond donors (Lipinski definition) is 0. The van der Waals surface area contributed by atoms with Gasteiger partial charge < -0.3 is 9.47 Å². The van der Waals surface area contributed by atoms with Crippen molar-refractivity contribution in [1.82, 2.24) is 0 Å². The normalized spacial score (nSPS) is 26.8. The molecule has 0 heterocycles. The molecular formula is C13H15Br3O2. The number of benzene rings is 1. The molecule has 100 valence electrons. The summed E-state index contributed by atoms with van der Waals surface area (Å²) in [7, 11) is 0. The molecule has 0 saturated heterocycles. The first-order chi connectivity index (χ1) is 8.61. The summed E-state index contributed by atoms with van der Waals surface area (Å²) >= 11 is 10.6. The van der Waals surface area contributed by atoms with Crippen molar-refractivity contribution in [2.75, 3.05) is 6.61 Å². The van der Waals surface area contributed by atoms with E-state index in [1.165, 1.54) is 0 Å². The van der Waals surface area contributed by atoms with Crippen LogP contribution in [-0.4, -0.2) is 23.6 Å². The summed E-state index contributed by atoms with van der Waals surface area (Å²) in [5.74, 6) is 0.868. The van der Waals surface area contributed by atoms with Crippen LogP contribution in [0.1, 0.15) is 19.8 Å². The highest BCUT2D eigenvalue weighted by Crippen LogP contribution is 2.37. The van der Waals surface area contributed by atoms with Gasteiger partial charge in [-0.2, -0.15) is 0 Å². The third kappa shape index (κ3) is 3.50. The lowest BCUT2D eigenvalue weighted by molar-refractivity contribution is -0.0764. The van der Waals surface area contributed by atoms with Crippen LogP contribution in [0.4, 0.5) is 0 Å². The van der Waals surface area contributed by atoms with Gasteiger partial charge in [0.05, 0.1) is 4.47 Å². The molecule has 2 nitrogen and oxygen atoms in total. The second-order valence-corrected chi connectivity index (χ2v) is 7.26. The predicted molar refractivity (Wildman–Crippen MR) is 83.6 cm³/mol. The molecule has 0 spiro atoms. The summed E-state index contributed by atoms with van der Waals surface area (Å²) in [5, 5.41) is 0. The molecule has 0 amide bonds. The second kappa shape index (κ2) is 6.73. The van der Waals surface area contributed by atoms with E-state index in [0.717, 1.165) is 34.1 Å². The lowest BCUT2D eigenvalue weighted by atomic mass is 9.91. The molecule has 2 rings (SSSR count). The standard InChI is InChI=1S/C13H15Br3O2/c1-2-5-17-13-10(16)7-12(13)18-11-4-3-8(14)6-9(11)15/h3-4,6,10,12-13H,2,5,7H2,1H3. The van der Waals surface area contributed by atoms with E-state index in [4.69, 9.17) is 9.47 Å². The Labute approximate surface area is 133 Å². The molecule has 0 N–H and O–H groups in total. The van der Waals surface area contributed by atoms with Gasteiger partial charge in [-0.15, -0.1) is 0 Å². The first-order valence-electron chi connectivity index (χ1n) is 5.99. The Morgan fingerprint density at radius 1 is 1.33 bits per heavy atom. The maximum atomic E-state index is 5.99. The van der Waals surface area contributed by atoms with Gasteiger partial charge in [-0.25, -0.2) is 0 Å². The second-order valence-electron chi connectivity index (χ2n) is 4.32. The molecule has 5 heteroatoms. The minimum Gasteiger partial charge on any atom is -0.486 e. The molecule has 1 saturated carbocycles.